The lowest BCUT2D eigenvalue weighted by molar-refractivity contribution is -0.137. The Kier molecular flexibility index (Phi) is 5.37. The predicted molar refractivity (Wildman–Crippen MR) is 73.1 cm³/mol. The van der Waals surface area contributed by atoms with Gasteiger partial charge in [-0.2, -0.15) is 0 Å². The first-order valence-corrected chi connectivity index (χ1v) is 6.04. The lowest BCUT2D eigenvalue weighted by Gasteiger charge is -2.17. The molecule has 0 aromatic heterocycles. The number of benzene rings is 1. The number of esters is 1. The van der Waals surface area contributed by atoms with E-state index in [9.17, 15) is 9.59 Å². The maximum Gasteiger partial charge on any atom is 0.339 e. The maximum absolute atomic E-state index is 12.0. The molecule has 1 aromatic rings. The van der Waals surface area contributed by atoms with Gasteiger partial charge in [-0.15, -0.1) is 0 Å². The summed E-state index contributed by atoms with van der Waals surface area (Å²) in [6.45, 7) is 1.53. The van der Waals surface area contributed by atoms with E-state index in [1.807, 2.05) is 0 Å². The van der Waals surface area contributed by atoms with Crippen LogP contribution in [0.4, 0.5) is 0 Å². The third-order valence-corrected chi connectivity index (χ3v) is 2.69. The molecule has 110 valence electrons. The summed E-state index contributed by atoms with van der Waals surface area (Å²) in [6, 6.07) is 4.67. The standard InChI is InChI=1S/C14H19NO5/c1-9(13(16)15(2)3)20-14(17)10-6-7-11(18-4)12(8-10)19-5/h6-9H,1-5H3/t9-/m0/s1. The lowest BCUT2D eigenvalue weighted by Crippen LogP contribution is -2.34. The molecule has 0 radical (unpaired) electrons. The van der Waals surface area contributed by atoms with Crippen LogP contribution in [0.25, 0.3) is 0 Å². The van der Waals surface area contributed by atoms with Crippen LogP contribution in [0.15, 0.2) is 18.2 Å². The second-order valence-electron chi connectivity index (χ2n) is 4.35. The Morgan fingerprint density at radius 3 is 2.20 bits per heavy atom. The van der Waals surface area contributed by atoms with E-state index in [1.165, 1.54) is 32.1 Å². The minimum atomic E-state index is -0.842. The van der Waals surface area contributed by atoms with Gasteiger partial charge in [-0.1, -0.05) is 0 Å². The maximum atomic E-state index is 12.0. The first kappa shape index (κ1) is 15.8. The molecule has 0 spiro atoms. The molecular formula is C14H19NO5. The molecule has 0 fully saturated rings. The number of likely N-dealkylation sites (N-methyl/N-ethyl adjacent to an activating group) is 1. The summed E-state index contributed by atoms with van der Waals surface area (Å²) in [5, 5.41) is 0. The molecule has 0 aliphatic heterocycles. The summed E-state index contributed by atoms with van der Waals surface area (Å²) < 4.78 is 15.3. The number of hydrogen-bond acceptors (Lipinski definition) is 5. The third kappa shape index (κ3) is 3.63. The monoisotopic (exact) mass is 281 g/mol. The van der Waals surface area contributed by atoms with Crippen LogP contribution in [0.5, 0.6) is 11.5 Å². The Balaban J connectivity index is 2.85. The average Bonchev–Trinajstić information content (AvgIpc) is 2.45. The summed E-state index contributed by atoms with van der Waals surface area (Å²) in [5.41, 5.74) is 0.293. The van der Waals surface area contributed by atoms with Crippen LogP contribution >= 0.6 is 0 Å². The largest absolute Gasteiger partial charge is 0.493 e. The van der Waals surface area contributed by atoms with Crippen molar-refractivity contribution in [3.63, 3.8) is 0 Å². The Morgan fingerprint density at radius 2 is 1.70 bits per heavy atom. The molecule has 6 nitrogen and oxygen atoms in total. The molecule has 1 amide bonds. The van der Waals surface area contributed by atoms with Crippen molar-refractivity contribution in [3.05, 3.63) is 23.8 Å². The number of carbonyl (C=O) groups is 2. The number of rotatable bonds is 5. The van der Waals surface area contributed by atoms with Crippen molar-refractivity contribution in [3.8, 4) is 11.5 Å². The van der Waals surface area contributed by atoms with Gasteiger partial charge in [0.1, 0.15) is 0 Å². The minimum Gasteiger partial charge on any atom is -0.493 e. The van der Waals surface area contributed by atoms with E-state index in [2.05, 4.69) is 0 Å². The number of nitrogens with zero attached hydrogens (tertiary/aromatic N) is 1. The number of methoxy groups -OCH3 is 2. The van der Waals surface area contributed by atoms with E-state index < -0.39 is 12.1 Å². The summed E-state index contributed by atoms with van der Waals surface area (Å²) in [5.74, 6) is 0.0717. The molecule has 0 saturated heterocycles. The topological polar surface area (TPSA) is 65.1 Å². The van der Waals surface area contributed by atoms with E-state index in [-0.39, 0.29) is 5.91 Å². The van der Waals surface area contributed by atoms with Crippen LogP contribution in [0, 0.1) is 0 Å². The molecular weight excluding hydrogens is 262 g/mol. The van der Waals surface area contributed by atoms with E-state index in [0.717, 1.165) is 0 Å². The number of carbonyl (C=O) groups excluding carboxylic acids is 2. The van der Waals surface area contributed by atoms with Crippen LogP contribution < -0.4 is 9.47 Å². The number of hydrogen-bond donors (Lipinski definition) is 0. The van der Waals surface area contributed by atoms with Gasteiger partial charge in [-0.3, -0.25) is 4.79 Å². The number of amides is 1. The van der Waals surface area contributed by atoms with Gasteiger partial charge in [0.15, 0.2) is 17.6 Å². The smallest absolute Gasteiger partial charge is 0.339 e. The summed E-state index contributed by atoms with van der Waals surface area (Å²) in [7, 11) is 6.19. The first-order valence-electron chi connectivity index (χ1n) is 6.04. The minimum absolute atomic E-state index is 0.279. The first-order chi connectivity index (χ1) is 9.40. The summed E-state index contributed by atoms with van der Waals surface area (Å²) in [4.78, 5) is 25.0. The summed E-state index contributed by atoms with van der Waals surface area (Å²) in [6.07, 6.45) is -0.842. The van der Waals surface area contributed by atoms with Crippen molar-refractivity contribution in [2.24, 2.45) is 0 Å². The Bertz CT molecular complexity index is 498. The van der Waals surface area contributed by atoms with E-state index >= 15 is 0 Å². The van der Waals surface area contributed by atoms with Crippen LogP contribution in [0.1, 0.15) is 17.3 Å². The fourth-order valence-electron chi connectivity index (χ4n) is 1.61. The Labute approximate surface area is 118 Å². The van der Waals surface area contributed by atoms with Gasteiger partial charge in [0.05, 0.1) is 19.8 Å². The van der Waals surface area contributed by atoms with Gasteiger partial charge in [-0.25, -0.2) is 4.79 Å². The van der Waals surface area contributed by atoms with Crippen molar-refractivity contribution in [2.45, 2.75) is 13.0 Å². The van der Waals surface area contributed by atoms with Gasteiger partial charge in [-0.05, 0) is 25.1 Å². The highest BCUT2D eigenvalue weighted by atomic mass is 16.5. The Morgan fingerprint density at radius 1 is 1.10 bits per heavy atom. The highest BCUT2D eigenvalue weighted by Gasteiger charge is 2.21. The zero-order valence-electron chi connectivity index (χ0n) is 12.3. The average molecular weight is 281 g/mol. The van der Waals surface area contributed by atoms with Gasteiger partial charge in [0.25, 0.3) is 5.91 Å². The SMILES string of the molecule is COc1ccc(C(=O)O[C@@H](C)C(=O)N(C)C)cc1OC. The van der Waals surface area contributed by atoms with Crippen molar-refractivity contribution >= 4 is 11.9 Å². The highest BCUT2D eigenvalue weighted by Crippen LogP contribution is 2.27. The van der Waals surface area contributed by atoms with Crippen LogP contribution in [0.2, 0.25) is 0 Å². The van der Waals surface area contributed by atoms with Crippen molar-refractivity contribution in [1.29, 1.82) is 0 Å². The van der Waals surface area contributed by atoms with Gasteiger partial charge in [0, 0.05) is 14.1 Å². The molecule has 0 unspecified atom stereocenters. The van der Waals surface area contributed by atoms with E-state index in [1.54, 1.807) is 26.2 Å². The predicted octanol–water partition coefficient (Wildman–Crippen LogP) is 1.34. The second-order valence-corrected chi connectivity index (χ2v) is 4.35. The van der Waals surface area contributed by atoms with E-state index in [0.29, 0.717) is 17.1 Å². The molecule has 0 aliphatic rings. The fraction of sp³-hybridized carbons (Fsp3) is 0.429. The fourth-order valence-corrected chi connectivity index (χ4v) is 1.61. The van der Waals surface area contributed by atoms with Crippen LogP contribution in [0.3, 0.4) is 0 Å². The molecule has 1 aromatic carbocycles. The van der Waals surface area contributed by atoms with Crippen LogP contribution in [-0.4, -0.2) is 51.2 Å². The zero-order chi connectivity index (χ0) is 15.3. The normalized spacial score (nSPS) is 11.4. The molecule has 0 aliphatic carbocycles. The molecule has 1 rings (SSSR count). The summed E-state index contributed by atoms with van der Waals surface area (Å²) >= 11 is 0. The molecule has 6 heteroatoms. The quantitative estimate of drug-likeness (QED) is 0.762. The molecule has 0 N–H and O–H groups in total. The van der Waals surface area contributed by atoms with Crippen molar-refractivity contribution < 1.29 is 23.8 Å². The van der Waals surface area contributed by atoms with E-state index in [4.69, 9.17) is 14.2 Å². The Hall–Kier alpha value is -2.24. The second kappa shape index (κ2) is 6.79. The third-order valence-electron chi connectivity index (χ3n) is 2.69. The van der Waals surface area contributed by atoms with Gasteiger partial charge in [0.2, 0.25) is 0 Å². The van der Waals surface area contributed by atoms with Gasteiger partial charge >= 0.3 is 5.97 Å². The molecule has 0 saturated carbocycles. The molecule has 0 heterocycles. The highest BCUT2D eigenvalue weighted by molar-refractivity contribution is 5.92. The van der Waals surface area contributed by atoms with Crippen molar-refractivity contribution in [1.82, 2.24) is 4.90 Å². The number of ether oxygens (including phenoxy) is 3. The molecule has 20 heavy (non-hydrogen) atoms. The van der Waals surface area contributed by atoms with Crippen molar-refractivity contribution in [2.75, 3.05) is 28.3 Å². The van der Waals surface area contributed by atoms with Crippen LogP contribution in [-0.2, 0) is 9.53 Å². The van der Waals surface area contributed by atoms with Gasteiger partial charge < -0.3 is 19.1 Å². The lowest BCUT2D eigenvalue weighted by atomic mass is 10.2. The molecule has 0 bridgehead atoms. The molecule has 1 atom stereocenters. The zero-order valence-corrected chi connectivity index (χ0v) is 12.3.